The molecule has 2 fully saturated rings. The predicted molar refractivity (Wildman–Crippen MR) is 286 cm³/mol. The van der Waals surface area contributed by atoms with E-state index in [1.165, 1.54) is 9.80 Å². The number of fused-ring (bicyclic) bond motifs is 2. The minimum Gasteiger partial charge on any atom is -0.495 e. The molecular weight excluding hydrogens is 901 g/mol. The number of carbonyl (C=O) groups is 4. The number of amides is 4. The molecule has 0 saturated carbocycles. The Morgan fingerprint density at radius 3 is 1.39 bits per heavy atom. The summed E-state index contributed by atoms with van der Waals surface area (Å²) in [7, 11) is 3.13. The summed E-state index contributed by atoms with van der Waals surface area (Å²) in [5, 5.41) is 7.65. The minimum absolute atomic E-state index is 0.0334. The first-order valence-corrected chi connectivity index (χ1v) is 23.6. The molecule has 2 saturated heterocycles. The van der Waals surface area contributed by atoms with Gasteiger partial charge in [0.05, 0.1) is 43.4 Å². The van der Waals surface area contributed by atoms with E-state index in [1.54, 1.807) is 32.4 Å². The van der Waals surface area contributed by atoms with Gasteiger partial charge in [0.1, 0.15) is 17.5 Å². The molecule has 2 heterocycles. The molecule has 0 spiro atoms. The fraction of sp³-hybridized carbons (Fsp3) is 0.100. The molecule has 0 aromatic heterocycles. The summed E-state index contributed by atoms with van der Waals surface area (Å²) in [5.74, 6) is -0.00563. The topological polar surface area (TPSA) is 138 Å². The Labute approximate surface area is 416 Å². The molecule has 12 heteroatoms. The number of nitrogens with one attached hydrogen (secondary N) is 1. The number of imide groups is 2. The molecule has 11 rings (SSSR count). The van der Waals surface area contributed by atoms with E-state index in [-0.39, 0.29) is 42.9 Å². The number of nitrogens with two attached hydrogens (primary N) is 1. The second kappa shape index (κ2) is 18.8. The molecule has 12 nitrogen and oxygen atoms in total. The van der Waals surface area contributed by atoms with Gasteiger partial charge in [-0.25, -0.2) is 4.90 Å². The van der Waals surface area contributed by atoms with E-state index >= 15 is 0 Å². The van der Waals surface area contributed by atoms with Gasteiger partial charge in [-0.3, -0.25) is 24.1 Å². The third-order valence-electron chi connectivity index (χ3n) is 13.4. The largest absolute Gasteiger partial charge is 0.495 e. The zero-order valence-electron chi connectivity index (χ0n) is 39.5. The van der Waals surface area contributed by atoms with E-state index in [4.69, 9.17) is 15.2 Å². The molecule has 0 aliphatic carbocycles. The first kappa shape index (κ1) is 45.0. The molecule has 1 unspecified atom stereocenters. The molecule has 4 amide bonds. The number of ether oxygens (including phenoxy) is 2. The predicted octanol–water partition coefficient (Wildman–Crippen LogP) is 12.6. The van der Waals surface area contributed by atoms with Crippen LogP contribution in [0.1, 0.15) is 19.3 Å². The van der Waals surface area contributed by atoms with Crippen LogP contribution >= 0.6 is 0 Å². The van der Waals surface area contributed by atoms with Crippen molar-refractivity contribution in [2.75, 3.05) is 44.9 Å². The van der Waals surface area contributed by atoms with Crippen LogP contribution in [-0.4, -0.2) is 43.9 Å². The highest BCUT2D eigenvalue weighted by molar-refractivity contribution is 6.23. The maximum atomic E-state index is 14.1. The van der Waals surface area contributed by atoms with E-state index in [0.29, 0.717) is 34.2 Å². The SMILES string of the molecule is COc1cc(-c2ccc(NC3CC(=O)N(c4ccc(N(c5ccc(N(c6ccc(N7C(=O)CCC7=O)cc6)c6ccc7ccccc7c6)cc5)c5ccc6ccccc6c5)cc4)C3=O)c(OC)c2)ccc1N. The Bertz CT molecular complexity index is 3560. The lowest BCUT2D eigenvalue weighted by Crippen LogP contribution is -2.34. The Balaban J connectivity index is 0.899. The monoisotopic (exact) mass is 948 g/mol. The normalized spacial score (nSPS) is 14.6. The summed E-state index contributed by atoms with van der Waals surface area (Å²) >= 11 is 0. The molecule has 3 N–H and O–H groups in total. The van der Waals surface area contributed by atoms with Crippen LogP contribution in [0.25, 0.3) is 32.7 Å². The van der Waals surface area contributed by atoms with Crippen LogP contribution in [-0.2, 0) is 19.2 Å². The van der Waals surface area contributed by atoms with Crippen LogP contribution < -0.4 is 40.1 Å². The van der Waals surface area contributed by atoms with Crippen molar-refractivity contribution in [3.8, 4) is 22.6 Å². The first-order chi connectivity index (χ1) is 35.1. The Morgan fingerprint density at radius 1 is 0.458 bits per heavy atom. The van der Waals surface area contributed by atoms with Crippen LogP contribution in [0.3, 0.4) is 0 Å². The Morgan fingerprint density at radius 2 is 0.889 bits per heavy atom. The number of benzene rings is 9. The second-order valence-corrected chi connectivity index (χ2v) is 17.7. The number of methoxy groups -OCH3 is 2. The van der Waals surface area contributed by atoms with Crippen molar-refractivity contribution in [1.82, 2.24) is 0 Å². The van der Waals surface area contributed by atoms with E-state index in [0.717, 1.165) is 66.8 Å². The van der Waals surface area contributed by atoms with Gasteiger partial charge in [0.15, 0.2) is 0 Å². The highest BCUT2D eigenvalue weighted by atomic mass is 16.5. The van der Waals surface area contributed by atoms with Crippen LogP contribution in [0, 0.1) is 0 Å². The lowest BCUT2D eigenvalue weighted by atomic mass is 10.0. The van der Waals surface area contributed by atoms with Gasteiger partial charge < -0.3 is 30.3 Å². The number of hydrogen-bond acceptors (Lipinski definition) is 10. The number of anilines is 10. The van der Waals surface area contributed by atoms with Gasteiger partial charge in [-0.05, 0) is 154 Å². The van der Waals surface area contributed by atoms with Gasteiger partial charge in [-0.15, -0.1) is 0 Å². The molecular formula is C60H48N6O6. The lowest BCUT2D eigenvalue weighted by molar-refractivity contribution is -0.122. The fourth-order valence-electron chi connectivity index (χ4n) is 9.73. The van der Waals surface area contributed by atoms with Crippen LogP contribution in [0.4, 0.5) is 56.9 Å². The second-order valence-electron chi connectivity index (χ2n) is 17.7. The average Bonchev–Trinajstić information content (AvgIpc) is 3.90. The van der Waals surface area contributed by atoms with Crippen molar-refractivity contribution < 1.29 is 28.7 Å². The van der Waals surface area contributed by atoms with Crippen molar-refractivity contribution in [1.29, 1.82) is 0 Å². The van der Waals surface area contributed by atoms with Crippen molar-refractivity contribution in [3.63, 3.8) is 0 Å². The summed E-state index contributed by atoms with van der Waals surface area (Å²) < 4.78 is 11.2. The fourth-order valence-corrected chi connectivity index (χ4v) is 9.73. The molecule has 2 aliphatic heterocycles. The number of nitrogen functional groups attached to an aromatic ring is 1. The van der Waals surface area contributed by atoms with E-state index in [2.05, 4.69) is 100 Å². The summed E-state index contributed by atoms with van der Waals surface area (Å²) in [4.78, 5) is 59.8. The number of carbonyl (C=O) groups excluding carboxylic acids is 4. The molecule has 2 aliphatic rings. The van der Waals surface area contributed by atoms with Gasteiger partial charge in [0, 0.05) is 47.0 Å². The lowest BCUT2D eigenvalue weighted by Gasteiger charge is -2.29. The molecule has 0 radical (unpaired) electrons. The van der Waals surface area contributed by atoms with Gasteiger partial charge in [0.2, 0.25) is 17.7 Å². The van der Waals surface area contributed by atoms with Gasteiger partial charge in [-0.2, -0.15) is 0 Å². The summed E-state index contributed by atoms with van der Waals surface area (Å²) in [6.07, 6.45) is 0.391. The molecule has 0 bridgehead atoms. The quantitative estimate of drug-likeness (QED) is 0.0848. The molecule has 9 aromatic rings. The maximum Gasteiger partial charge on any atom is 0.256 e. The highest BCUT2D eigenvalue weighted by Gasteiger charge is 2.40. The van der Waals surface area contributed by atoms with Crippen LogP contribution in [0.15, 0.2) is 194 Å². The summed E-state index contributed by atoms with van der Waals surface area (Å²) in [5.41, 5.74) is 15.2. The van der Waals surface area contributed by atoms with E-state index in [9.17, 15) is 19.2 Å². The summed E-state index contributed by atoms with van der Waals surface area (Å²) in [6, 6.07) is 62.7. The standard InChI is InChI=1S/C60H48N6O6/c1-71-55-35-42(13-29-52(55)61)43-14-30-53(56(36-43)72-2)62-54-37-59(69)66(60(54)70)49-27-23-47(24-28-49)64(51-16-12-39-8-4-6-10-41(39)34-51)45-19-17-44(18-20-45)63(50-15-11-38-7-3-5-9-40(38)33-50)46-21-25-48(26-22-46)65-57(67)31-32-58(65)68/h3-30,33-36,54,62H,31-32,37,61H2,1-2H3. The van der Waals surface area contributed by atoms with Crippen LogP contribution in [0.2, 0.25) is 0 Å². The molecule has 1 atom stereocenters. The van der Waals surface area contributed by atoms with Crippen molar-refractivity contribution in [3.05, 3.63) is 194 Å². The van der Waals surface area contributed by atoms with Gasteiger partial charge >= 0.3 is 0 Å². The number of nitrogens with zero attached hydrogens (tertiary/aromatic N) is 4. The Hall–Kier alpha value is -9.42. The zero-order valence-corrected chi connectivity index (χ0v) is 39.5. The van der Waals surface area contributed by atoms with Gasteiger partial charge in [-0.1, -0.05) is 72.8 Å². The third-order valence-corrected chi connectivity index (χ3v) is 13.4. The minimum atomic E-state index is -0.813. The zero-order chi connectivity index (χ0) is 49.5. The molecule has 72 heavy (non-hydrogen) atoms. The third kappa shape index (κ3) is 8.44. The number of hydrogen-bond donors (Lipinski definition) is 2. The van der Waals surface area contributed by atoms with Crippen molar-refractivity contribution >= 4 is 102 Å². The number of rotatable bonds is 13. The average molecular weight is 949 g/mol. The van der Waals surface area contributed by atoms with E-state index in [1.807, 2.05) is 91.0 Å². The molecule has 354 valence electrons. The smallest absolute Gasteiger partial charge is 0.256 e. The highest BCUT2D eigenvalue weighted by Crippen LogP contribution is 2.42. The summed E-state index contributed by atoms with van der Waals surface area (Å²) in [6.45, 7) is 0. The van der Waals surface area contributed by atoms with Crippen LogP contribution in [0.5, 0.6) is 11.5 Å². The molecule has 9 aromatic carbocycles. The van der Waals surface area contributed by atoms with Gasteiger partial charge in [0.25, 0.3) is 5.91 Å². The van der Waals surface area contributed by atoms with E-state index < -0.39 is 6.04 Å². The van der Waals surface area contributed by atoms with Crippen molar-refractivity contribution in [2.24, 2.45) is 0 Å². The Kier molecular flexibility index (Phi) is 11.8. The maximum absolute atomic E-state index is 14.1. The first-order valence-electron chi connectivity index (χ1n) is 23.6. The van der Waals surface area contributed by atoms with Crippen molar-refractivity contribution in [2.45, 2.75) is 25.3 Å².